The van der Waals surface area contributed by atoms with E-state index in [-0.39, 0.29) is 0 Å². The predicted octanol–water partition coefficient (Wildman–Crippen LogP) is 1.88. The largest absolute Gasteiger partial charge is 0.389 e. The highest BCUT2D eigenvalue weighted by molar-refractivity contribution is 4.81. The van der Waals surface area contributed by atoms with Gasteiger partial charge in [-0.2, -0.15) is 0 Å². The minimum atomic E-state index is -0.517. The molecular weight excluding hydrogens is 162 g/mol. The Labute approximate surface area is 81.9 Å². The Bertz CT molecular complexity index is 148. The Kier molecular flexibility index (Phi) is 3.74. The Morgan fingerprint density at radius 1 is 1.23 bits per heavy atom. The van der Waals surface area contributed by atoms with E-state index in [2.05, 4.69) is 18.7 Å². The number of likely N-dealkylation sites (tertiary alicyclic amines) is 1. The molecule has 0 aromatic rings. The van der Waals surface area contributed by atoms with Crippen molar-refractivity contribution in [3.63, 3.8) is 0 Å². The van der Waals surface area contributed by atoms with E-state index in [1.54, 1.807) is 0 Å². The summed E-state index contributed by atoms with van der Waals surface area (Å²) >= 11 is 0. The third kappa shape index (κ3) is 3.28. The van der Waals surface area contributed by atoms with Gasteiger partial charge in [0, 0.05) is 6.54 Å². The van der Waals surface area contributed by atoms with Crippen LogP contribution in [0.1, 0.15) is 40.0 Å². The van der Waals surface area contributed by atoms with Crippen LogP contribution in [0.15, 0.2) is 0 Å². The highest BCUT2D eigenvalue weighted by Crippen LogP contribution is 2.19. The van der Waals surface area contributed by atoms with Crippen LogP contribution >= 0.6 is 0 Å². The Hall–Kier alpha value is -0.0800. The molecule has 2 nitrogen and oxygen atoms in total. The van der Waals surface area contributed by atoms with Crippen LogP contribution in [0.2, 0.25) is 0 Å². The van der Waals surface area contributed by atoms with Crippen LogP contribution in [0.25, 0.3) is 0 Å². The van der Waals surface area contributed by atoms with Crippen LogP contribution in [0.5, 0.6) is 0 Å². The molecule has 78 valence electrons. The maximum absolute atomic E-state index is 10.1. The Balaban J connectivity index is 2.37. The van der Waals surface area contributed by atoms with Crippen LogP contribution in [0, 0.1) is 5.92 Å². The fourth-order valence-electron chi connectivity index (χ4n) is 1.75. The lowest BCUT2D eigenvalue weighted by molar-refractivity contribution is -0.0225. The zero-order chi connectivity index (χ0) is 9.90. The van der Waals surface area contributed by atoms with Crippen molar-refractivity contribution in [3.05, 3.63) is 0 Å². The summed E-state index contributed by atoms with van der Waals surface area (Å²) in [6.07, 6.45) is 3.96. The van der Waals surface area contributed by atoms with Gasteiger partial charge in [0.2, 0.25) is 0 Å². The quantitative estimate of drug-likeness (QED) is 0.725. The van der Waals surface area contributed by atoms with Gasteiger partial charge in [-0.1, -0.05) is 20.3 Å². The van der Waals surface area contributed by atoms with Gasteiger partial charge in [0.25, 0.3) is 0 Å². The molecule has 2 heteroatoms. The molecule has 0 radical (unpaired) electrons. The monoisotopic (exact) mass is 185 g/mol. The zero-order valence-corrected chi connectivity index (χ0v) is 9.21. The molecule has 1 unspecified atom stereocenters. The molecule has 1 aliphatic heterocycles. The van der Waals surface area contributed by atoms with Crippen molar-refractivity contribution in [2.75, 3.05) is 19.6 Å². The van der Waals surface area contributed by atoms with Gasteiger partial charge in [0.05, 0.1) is 5.60 Å². The second-order valence-electron chi connectivity index (χ2n) is 4.85. The Morgan fingerprint density at radius 2 is 1.77 bits per heavy atom. The van der Waals surface area contributed by atoms with Gasteiger partial charge in [-0.05, 0) is 38.8 Å². The summed E-state index contributed by atoms with van der Waals surface area (Å²) in [7, 11) is 0. The van der Waals surface area contributed by atoms with Gasteiger partial charge < -0.3 is 10.0 Å². The lowest BCUT2D eigenvalue weighted by Crippen LogP contribution is -2.46. The van der Waals surface area contributed by atoms with Gasteiger partial charge in [-0.15, -0.1) is 0 Å². The van der Waals surface area contributed by atoms with E-state index in [1.807, 2.05) is 6.92 Å². The maximum atomic E-state index is 10.1. The van der Waals surface area contributed by atoms with E-state index in [0.29, 0.717) is 5.92 Å². The molecule has 0 bridgehead atoms. The van der Waals surface area contributed by atoms with Gasteiger partial charge >= 0.3 is 0 Å². The molecule has 0 aromatic carbocycles. The first-order chi connectivity index (χ1) is 6.02. The summed E-state index contributed by atoms with van der Waals surface area (Å²) in [6, 6.07) is 0. The summed E-state index contributed by atoms with van der Waals surface area (Å²) in [5.41, 5.74) is -0.517. The highest BCUT2D eigenvalue weighted by atomic mass is 16.3. The number of aliphatic hydroxyl groups is 1. The van der Waals surface area contributed by atoms with E-state index < -0.39 is 5.60 Å². The molecular formula is C11H23NO. The lowest BCUT2D eigenvalue weighted by Gasteiger charge is -2.36. The number of hydrogen-bond donors (Lipinski definition) is 1. The molecule has 0 amide bonds. The number of piperidine rings is 1. The molecule has 13 heavy (non-hydrogen) atoms. The highest BCUT2D eigenvalue weighted by Gasteiger charge is 2.27. The average Bonchev–Trinajstić information content (AvgIpc) is 2.05. The van der Waals surface area contributed by atoms with E-state index in [9.17, 15) is 5.11 Å². The van der Waals surface area contributed by atoms with Crippen LogP contribution in [0.4, 0.5) is 0 Å². The third-order valence-electron chi connectivity index (χ3n) is 3.24. The SMILES string of the molecule is CC(C)C(C)(O)CN1CCCCC1. The second kappa shape index (κ2) is 4.43. The summed E-state index contributed by atoms with van der Waals surface area (Å²) < 4.78 is 0. The van der Waals surface area contributed by atoms with E-state index >= 15 is 0 Å². The minimum absolute atomic E-state index is 0.342. The molecule has 0 aromatic heterocycles. The molecule has 1 aliphatic rings. The van der Waals surface area contributed by atoms with Crippen molar-refractivity contribution in [2.24, 2.45) is 5.92 Å². The van der Waals surface area contributed by atoms with Crippen molar-refractivity contribution in [2.45, 2.75) is 45.6 Å². The predicted molar refractivity (Wildman–Crippen MR) is 55.8 cm³/mol. The van der Waals surface area contributed by atoms with Crippen molar-refractivity contribution in [3.8, 4) is 0 Å². The fourth-order valence-corrected chi connectivity index (χ4v) is 1.75. The van der Waals surface area contributed by atoms with E-state index in [0.717, 1.165) is 6.54 Å². The van der Waals surface area contributed by atoms with Crippen molar-refractivity contribution >= 4 is 0 Å². The molecule has 0 spiro atoms. The van der Waals surface area contributed by atoms with Crippen LogP contribution < -0.4 is 0 Å². The number of β-amino-alcohol motifs (C(OH)–C–C–N with tert-alkyl or cyclic N) is 1. The lowest BCUT2D eigenvalue weighted by atomic mass is 9.91. The molecule has 0 aliphatic carbocycles. The Morgan fingerprint density at radius 3 is 2.23 bits per heavy atom. The normalized spacial score (nSPS) is 24.7. The first-order valence-corrected chi connectivity index (χ1v) is 5.47. The van der Waals surface area contributed by atoms with Crippen LogP contribution in [-0.4, -0.2) is 35.2 Å². The summed E-state index contributed by atoms with van der Waals surface area (Å²) in [5, 5.41) is 10.1. The van der Waals surface area contributed by atoms with Crippen LogP contribution in [-0.2, 0) is 0 Å². The fraction of sp³-hybridized carbons (Fsp3) is 1.00. The number of rotatable bonds is 3. The van der Waals surface area contributed by atoms with E-state index in [1.165, 1.54) is 32.4 Å². The molecule has 1 rings (SSSR count). The molecule has 1 N–H and O–H groups in total. The van der Waals surface area contributed by atoms with Gasteiger partial charge in [-0.25, -0.2) is 0 Å². The molecule has 1 saturated heterocycles. The molecule has 1 atom stereocenters. The number of hydrogen-bond acceptors (Lipinski definition) is 2. The molecule has 0 saturated carbocycles. The molecule has 1 heterocycles. The third-order valence-corrected chi connectivity index (χ3v) is 3.24. The zero-order valence-electron chi connectivity index (χ0n) is 9.21. The minimum Gasteiger partial charge on any atom is -0.389 e. The van der Waals surface area contributed by atoms with Gasteiger partial charge in [-0.3, -0.25) is 0 Å². The van der Waals surface area contributed by atoms with Gasteiger partial charge in [0.1, 0.15) is 0 Å². The first-order valence-electron chi connectivity index (χ1n) is 5.47. The van der Waals surface area contributed by atoms with Crippen molar-refractivity contribution < 1.29 is 5.11 Å². The average molecular weight is 185 g/mol. The van der Waals surface area contributed by atoms with Crippen molar-refractivity contribution in [1.29, 1.82) is 0 Å². The van der Waals surface area contributed by atoms with Gasteiger partial charge in [0.15, 0.2) is 0 Å². The summed E-state index contributed by atoms with van der Waals surface area (Å²) in [6.45, 7) is 9.30. The topological polar surface area (TPSA) is 23.5 Å². The van der Waals surface area contributed by atoms with E-state index in [4.69, 9.17) is 0 Å². The first kappa shape index (κ1) is 11.0. The van der Waals surface area contributed by atoms with Crippen molar-refractivity contribution in [1.82, 2.24) is 4.90 Å². The molecule has 1 fully saturated rings. The summed E-state index contributed by atoms with van der Waals surface area (Å²) in [5.74, 6) is 0.342. The second-order valence-corrected chi connectivity index (χ2v) is 4.85. The smallest absolute Gasteiger partial charge is 0.0768 e. The standard InChI is InChI=1S/C11H23NO/c1-10(2)11(3,13)9-12-7-5-4-6-8-12/h10,13H,4-9H2,1-3H3. The maximum Gasteiger partial charge on any atom is 0.0768 e. The summed E-state index contributed by atoms with van der Waals surface area (Å²) in [4.78, 5) is 2.39. The number of nitrogens with zero attached hydrogens (tertiary/aromatic N) is 1. The van der Waals surface area contributed by atoms with Crippen LogP contribution in [0.3, 0.4) is 0 Å².